The van der Waals surface area contributed by atoms with E-state index >= 15 is 0 Å². The lowest BCUT2D eigenvalue weighted by molar-refractivity contribution is 0.117. The summed E-state index contributed by atoms with van der Waals surface area (Å²) in [5, 5.41) is 0. The maximum Gasteiger partial charge on any atom is 0.00593 e. The Hall–Kier alpha value is 1.46. The molecule has 0 radical (unpaired) electrons. The fraction of sp³-hybridized carbons (Fsp3) is 1.00. The summed E-state index contributed by atoms with van der Waals surface area (Å²) in [6.45, 7) is 0. The van der Waals surface area contributed by atoms with Gasteiger partial charge in [-0.25, -0.2) is 0 Å². The van der Waals surface area contributed by atoms with Gasteiger partial charge in [-0.1, -0.05) is 58.0 Å². The van der Waals surface area contributed by atoms with Gasteiger partial charge in [0.1, 0.15) is 0 Å². The van der Waals surface area contributed by atoms with Crippen LogP contribution in [0.1, 0.15) is 51.4 Å². The highest BCUT2D eigenvalue weighted by molar-refractivity contribution is 14.1. The molecule has 0 bridgehead atoms. The van der Waals surface area contributed by atoms with Gasteiger partial charge in [0, 0.05) is 8.86 Å². The van der Waals surface area contributed by atoms with Crippen molar-refractivity contribution >= 4 is 45.2 Å². The normalized spacial score (nSPS) is 29.6. The fourth-order valence-electron chi connectivity index (χ4n) is 3.24. The van der Waals surface area contributed by atoms with Crippen LogP contribution in [0.4, 0.5) is 0 Å². The summed E-state index contributed by atoms with van der Waals surface area (Å²) in [6.07, 6.45) is 12.2. The monoisotopic (exact) mass is 418 g/mol. The second kappa shape index (κ2) is 4.76. The van der Waals surface area contributed by atoms with Gasteiger partial charge in [0.15, 0.2) is 0 Å². The minimum Gasteiger partial charge on any atom is -0.0857 e. The van der Waals surface area contributed by atoms with E-state index in [1.54, 1.807) is 25.7 Å². The molecule has 2 rings (SSSR count). The van der Waals surface area contributed by atoms with E-state index in [1.807, 2.05) is 0 Å². The van der Waals surface area contributed by atoms with Crippen molar-refractivity contribution in [1.82, 2.24) is 0 Å². The smallest absolute Gasteiger partial charge is 0.00593 e. The van der Waals surface area contributed by atoms with Gasteiger partial charge in [-0.3, -0.25) is 0 Å². The molecule has 0 unspecified atom stereocenters. The largest absolute Gasteiger partial charge is 0.0857 e. The topological polar surface area (TPSA) is 0 Å². The molecule has 14 heavy (non-hydrogen) atoms. The Morgan fingerprint density at radius 3 is 1.64 bits per heavy atom. The fourth-order valence-corrected chi connectivity index (χ4v) is 6.34. The van der Waals surface area contributed by atoms with E-state index in [2.05, 4.69) is 45.2 Å². The van der Waals surface area contributed by atoms with Crippen molar-refractivity contribution < 1.29 is 0 Å². The van der Waals surface area contributed by atoms with Crippen LogP contribution < -0.4 is 0 Å². The number of halogens is 2. The van der Waals surface area contributed by atoms with Crippen molar-refractivity contribution in [2.75, 3.05) is 8.86 Å². The zero-order valence-electron chi connectivity index (χ0n) is 8.83. The first-order valence-electron chi connectivity index (χ1n) is 5.86. The summed E-state index contributed by atoms with van der Waals surface area (Å²) in [5.74, 6) is 0. The van der Waals surface area contributed by atoms with E-state index < -0.39 is 0 Å². The molecule has 0 aliphatic heterocycles. The average Bonchev–Trinajstić information content (AvgIpc) is 2.69. The van der Waals surface area contributed by atoms with Crippen LogP contribution in [0.5, 0.6) is 0 Å². The van der Waals surface area contributed by atoms with Gasteiger partial charge in [-0.15, -0.1) is 0 Å². The molecular weight excluding hydrogens is 398 g/mol. The maximum atomic E-state index is 2.61. The Bertz CT molecular complexity index is 172. The highest BCUT2D eigenvalue weighted by Crippen LogP contribution is 2.54. The van der Waals surface area contributed by atoms with Crippen LogP contribution in [-0.4, -0.2) is 8.86 Å². The van der Waals surface area contributed by atoms with E-state index in [1.165, 1.54) is 34.5 Å². The van der Waals surface area contributed by atoms with Gasteiger partial charge < -0.3 is 0 Å². The lowest BCUT2D eigenvalue weighted by Crippen LogP contribution is -2.35. The van der Waals surface area contributed by atoms with E-state index in [9.17, 15) is 0 Å². The second-order valence-electron chi connectivity index (χ2n) is 5.47. The minimum atomic E-state index is 0.717. The van der Waals surface area contributed by atoms with Crippen molar-refractivity contribution in [3.63, 3.8) is 0 Å². The lowest BCUT2D eigenvalue weighted by atomic mass is 9.64. The number of hydrogen-bond donors (Lipinski definition) is 0. The molecule has 0 aromatic carbocycles. The molecular formula is C12H20I2. The first kappa shape index (κ1) is 11.9. The van der Waals surface area contributed by atoms with E-state index in [4.69, 9.17) is 0 Å². The number of hydrogen-bond acceptors (Lipinski definition) is 0. The van der Waals surface area contributed by atoms with Crippen LogP contribution in [0, 0.1) is 10.8 Å². The Morgan fingerprint density at radius 1 is 0.714 bits per heavy atom. The van der Waals surface area contributed by atoms with Crippen LogP contribution in [0.25, 0.3) is 0 Å². The van der Waals surface area contributed by atoms with E-state index in [-0.39, 0.29) is 0 Å². The third-order valence-corrected chi connectivity index (χ3v) is 7.84. The van der Waals surface area contributed by atoms with Crippen molar-refractivity contribution in [1.29, 1.82) is 0 Å². The zero-order valence-corrected chi connectivity index (χ0v) is 13.1. The highest BCUT2D eigenvalue weighted by atomic mass is 127. The summed E-state index contributed by atoms with van der Waals surface area (Å²) in [6, 6.07) is 0. The molecule has 0 aromatic rings. The maximum absolute atomic E-state index is 2.61. The minimum absolute atomic E-state index is 0.717. The van der Waals surface area contributed by atoms with Gasteiger partial charge in [0.25, 0.3) is 0 Å². The Balaban J connectivity index is 1.96. The molecule has 0 nitrogen and oxygen atoms in total. The molecule has 0 saturated heterocycles. The van der Waals surface area contributed by atoms with E-state index in [0.717, 1.165) is 10.8 Å². The molecule has 82 valence electrons. The van der Waals surface area contributed by atoms with Crippen LogP contribution >= 0.6 is 45.2 Å². The van der Waals surface area contributed by atoms with Gasteiger partial charge in [0.2, 0.25) is 0 Å². The van der Waals surface area contributed by atoms with Crippen LogP contribution in [0.3, 0.4) is 0 Å². The quantitative estimate of drug-likeness (QED) is 0.439. The van der Waals surface area contributed by atoms with Gasteiger partial charge >= 0.3 is 0 Å². The zero-order chi connectivity index (χ0) is 10.1. The third kappa shape index (κ3) is 2.25. The highest BCUT2D eigenvalue weighted by Gasteiger charge is 2.42. The number of rotatable bonds is 2. The summed E-state index contributed by atoms with van der Waals surface area (Å²) in [5.41, 5.74) is 1.54. The molecule has 0 amide bonds. The number of alkyl halides is 2. The molecule has 2 fully saturated rings. The first-order chi connectivity index (χ1) is 6.74. The van der Waals surface area contributed by atoms with E-state index in [0.29, 0.717) is 0 Å². The molecule has 2 aliphatic rings. The Kier molecular flexibility index (Phi) is 4.06. The second-order valence-corrected chi connectivity index (χ2v) is 7.00. The Morgan fingerprint density at radius 2 is 1.21 bits per heavy atom. The molecule has 0 N–H and O–H groups in total. The Labute approximate surface area is 115 Å². The summed E-state index contributed by atoms with van der Waals surface area (Å²) < 4.78 is 2.76. The molecule has 0 atom stereocenters. The van der Waals surface area contributed by atoms with Crippen LogP contribution in [0.2, 0.25) is 0 Å². The SMILES string of the molecule is ICC1(CI)CCC2(CCCC2)CC1. The summed E-state index contributed by atoms with van der Waals surface area (Å²) in [4.78, 5) is 0. The van der Waals surface area contributed by atoms with Crippen molar-refractivity contribution in [3.05, 3.63) is 0 Å². The molecule has 2 aliphatic carbocycles. The van der Waals surface area contributed by atoms with Gasteiger partial charge in [-0.05, 0) is 49.4 Å². The third-order valence-electron chi connectivity index (χ3n) is 4.60. The standard InChI is InChI=1S/C12H20I2/c13-9-12(10-14)7-5-11(6-8-12)3-1-2-4-11/h1-10H2. The van der Waals surface area contributed by atoms with Gasteiger partial charge in [0.05, 0.1) is 0 Å². The summed E-state index contributed by atoms with van der Waals surface area (Å²) in [7, 11) is 0. The molecule has 1 spiro atoms. The van der Waals surface area contributed by atoms with Gasteiger partial charge in [-0.2, -0.15) is 0 Å². The predicted molar refractivity (Wildman–Crippen MR) is 79.6 cm³/mol. The molecule has 2 heteroatoms. The average molecular weight is 418 g/mol. The lowest BCUT2D eigenvalue weighted by Gasteiger charge is -2.43. The molecule has 0 aromatic heterocycles. The molecule has 0 heterocycles. The predicted octanol–water partition coefficient (Wildman–Crippen LogP) is 4.98. The van der Waals surface area contributed by atoms with Crippen molar-refractivity contribution in [3.8, 4) is 0 Å². The van der Waals surface area contributed by atoms with Crippen LogP contribution in [0.15, 0.2) is 0 Å². The van der Waals surface area contributed by atoms with Crippen LogP contribution in [-0.2, 0) is 0 Å². The van der Waals surface area contributed by atoms with Crippen molar-refractivity contribution in [2.45, 2.75) is 51.4 Å². The van der Waals surface area contributed by atoms with Crippen molar-refractivity contribution in [2.24, 2.45) is 10.8 Å². The molecule has 2 saturated carbocycles. The summed E-state index contributed by atoms with van der Waals surface area (Å²) >= 11 is 5.21. The first-order valence-corrected chi connectivity index (χ1v) is 8.91.